The summed E-state index contributed by atoms with van der Waals surface area (Å²) >= 11 is 0. The predicted octanol–water partition coefficient (Wildman–Crippen LogP) is 8.06. The summed E-state index contributed by atoms with van der Waals surface area (Å²) in [6.45, 7) is 11.7. The summed E-state index contributed by atoms with van der Waals surface area (Å²) in [5.41, 5.74) is 11.4. The predicted molar refractivity (Wildman–Crippen MR) is 446 cm³/mol. The van der Waals surface area contributed by atoms with Crippen molar-refractivity contribution in [3.8, 4) is 0 Å². The minimum absolute atomic E-state index is 0.0369. The molecule has 0 unspecified atom stereocenters. The molecule has 3 saturated heterocycles. The lowest BCUT2D eigenvalue weighted by molar-refractivity contribution is -0.606. The second-order valence-corrected chi connectivity index (χ2v) is 30.7. The van der Waals surface area contributed by atoms with Crippen LogP contribution in [0.25, 0.3) is 22.6 Å². The first-order valence-electron chi connectivity index (χ1n) is 41.7. The number of aliphatic hydroxyl groups excluding tert-OH is 4. The van der Waals surface area contributed by atoms with Crippen molar-refractivity contribution >= 4 is 70.2 Å². The average molecular weight is 1600 g/mol. The lowest BCUT2D eigenvalue weighted by atomic mass is 9.85. The average Bonchev–Trinajstić information content (AvgIpc) is 1.65. The zero-order chi connectivity index (χ0) is 81.2. The maximum absolute atomic E-state index is 11.6. The van der Waals surface area contributed by atoms with Gasteiger partial charge in [-0.1, -0.05) is 45.7 Å². The Morgan fingerprint density at radius 1 is 0.462 bits per heavy atom. The van der Waals surface area contributed by atoms with Crippen molar-refractivity contribution < 1.29 is 29.9 Å². The van der Waals surface area contributed by atoms with E-state index in [4.69, 9.17) is 34.9 Å². The molecule has 0 amide bonds. The van der Waals surface area contributed by atoms with E-state index in [1.54, 1.807) is 60.3 Å². The number of fused-ring (bicyclic) bond motifs is 4. The molecule has 0 radical (unpaired) electrons. The third kappa shape index (κ3) is 20.1. The van der Waals surface area contributed by atoms with Gasteiger partial charge in [-0.15, -0.1) is 0 Å². The Bertz CT molecular complexity index is 5280. The summed E-state index contributed by atoms with van der Waals surface area (Å²) < 4.78 is 10.1. The standard InChI is InChI=1S/C21H27N7O2.C21H29N7O2.C20H27N7O2.C20H27N7O/c29-11-8-17-5-1-2-10-27(17)21-24-19-18(16-6-7-16)13-23-28(19)20(25-21)22-12-15-4-3-9-26(30)14-15;1-3-16-13-23-28-19(16)24-21(27-10-5-4-6-17(27)9-11-29)25-20(28)22-12-15-7-8-18(30)26(2)14-15;1-2-15-11-22-27-18(15)24-19(23-17-8-4-3-7-16(17)13-28)25-20(27)21-10-14-6-5-9-26(29)12-14;1-2-16-14-23-27-18(16)24-20(26-10-4-3-7-17(26)8-11-28)25-19(27)22-13-15-6-5-9-21-12-15/h3-4,9,13-14,16-17,29H,1-2,5-8,10-12H2,(H,22,24,25);7-8,13-14,17,29H,3-6,9-12H2,1-2H3,(H,22,24,25);5-6,9,11-12,16-17,28H,2-4,7-8,10,13H2,1H3,(H2,21,23,24,25);5-6,9,12,14,17,28H,2-4,7-8,10-11,13H2,1H3,(H,22,24,25)/t2*17-;16-,17-;17-/m0000/s1. The quantitative estimate of drug-likeness (QED) is 0.0165. The van der Waals surface area contributed by atoms with E-state index in [-0.39, 0.29) is 62.1 Å². The summed E-state index contributed by atoms with van der Waals surface area (Å²) in [4.78, 5) is 61.0. The first-order valence-corrected chi connectivity index (χ1v) is 41.7. The van der Waals surface area contributed by atoms with Crippen molar-refractivity contribution in [2.75, 3.05) is 87.3 Å². The molecule has 2 aliphatic carbocycles. The van der Waals surface area contributed by atoms with Crippen molar-refractivity contribution in [1.82, 2.24) is 87.9 Å². The molecule has 117 heavy (non-hydrogen) atoms. The van der Waals surface area contributed by atoms with Crippen LogP contribution in [0.15, 0.2) is 121 Å². The zero-order valence-corrected chi connectivity index (χ0v) is 67.4. The van der Waals surface area contributed by atoms with E-state index in [0.717, 1.165) is 212 Å². The van der Waals surface area contributed by atoms with E-state index in [2.05, 4.69) is 92.4 Å². The second-order valence-electron chi connectivity index (χ2n) is 30.7. The van der Waals surface area contributed by atoms with E-state index in [1.807, 2.05) is 67.5 Å². The van der Waals surface area contributed by atoms with Crippen molar-refractivity contribution in [1.29, 1.82) is 0 Å². The fraction of sp³-hybridized carbons (Fsp3) is 0.512. The van der Waals surface area contributed by atoms with Gasteiger partial charge in [0.05, 0.1) is 24.8 Å². The number of nitrogens with zero attached hydrogens (tertiary/aromatic N) is 23. The van der Waals surface area contributed by atoms with Gasteiger partial charge in [0, 0.05) is 180 Å². The van der Waals surface area contributed by atoms with E-state index in [1.165, 1.54) is 43.4 Å². The molecule has 3 aliphatic heterocycles. The zero-order valence-electron chi connectivity index (χ0n) is 67.4. The molecule has 15 heterocycles. The summed E-state index contributed by atoms with van der Waals surface area (Å²) in [7, 11) is 1.74. The molecule has 5 fully saturated rings. The highest BCUT2D eigenvalue weighted by Crippen LogP contribution is 2.42. The second kappa shape index (κ2) is 39.4. The maximum Gasteiger partial charge on any atom is 0.250 e. The first-order chi connectivity index (χ1) is 57.3. The number of aryl methyl sites for hydroxylation is 4. The molecule has 12 aromatic heterocycles. The number of pyridine rings is 4. The van der Waals surface area contributed by atoms with E-state index in [9.17, 15) is 35.6 Å². The fourth-order valence-corrected chi connectivity index (χ4v) is 16.1. The molecule has 35 nitrogen and oxygen atoms in total. The maximum atomic E-state index is 11.6. The molecule has 0 bridgehead atoms. The smallest absolute Gasteiger partial charge is 0.250 e. The molecule has 0 spiro atoms. The van der Waals surface area contributed by atoms with E-state index < -0.39 is 0 Å². The molecule has 5 aliphatic rings. The number of aromatic nitrogens is 20. The van der Waals surface area contributed by atoms with Gasteiger partial charge >= 0.3 is 0 Å². The monoisotopic (exact) mass is 1600 g/mol. The normalized spacial score (nSPS) is 18.2. The van der Waals surface area contributed by atoms with Gasteiger partial charge in [0.25, 0.3) is 0 Å². The number of nitrogens with one attached hydrogen (secondary N) is 5. The van der Waals surface area contributed by atoms with Crippen molar-refractivity contribution in [2.45, 2.75) is 212 Å². The van der Waals surface area contributed by atoms with Crippen LogP contribution in [0.2, 0.25) is 0 Å². The topological polar surface area (TPSA) is 412 Å². The molecule has 35 heteroatoms. The van der Waals surface area contributed by atoms with Gasteiger partial charge in [-0.3, -0.25) is 9.78 Å². The van der Waals surface area contributed by atoms with Crippen LogP contribution in [-0.2, 0) is 52.5 Å². The molecule has 17 rings (SSSR count). The van der Waals surface area contributed by atoms with Crippen LogP contribution in [-0.4, -0.2) is 179 Å². The SMILES string of the molecule is CCc1cnn2c(NCc3ccc(=O)n(C)c3)nc(N3CCCC[C@H]3CCO)nc12.CCc1cnn2c(NCc3ccc[n+]([O-])c3)nc(N[C@H]3CCCC[C@H]3CO)nc12.CCc1cnn2c(NCc3cccnc3)nc(N3CCCC[C@H]3CCO)nc12.[O-][n+]1cccc(CNc2nc(N3CCCC[C@H]3CCO)nc3c(C4CC4)cnn23)c1. The first kappa shape index (κ1) is 82.0. The van der Waals surface area contributed by atoms with Crippen LogP contribution in [0.1, 0.15) is 187 Å². The van der Waals surface area contributed by atoms with Gasteiger partial charge in [-0.2, -0.15) is 87.8 Å². The Balaban J connectivity index is 0.000000128. The molecule has 12 aromatic rings. The number of piperidine rings is 3. The van der Waals surface area contributed by atoms with Crippen molar-refractivity contribution in [2.24, 2.45) is 13.0 Å². The molecule has 9 N–H and O–H groups in total. The molecular formula is C82H110N28O7. The Morgan fingerprint density at radius 3 is 1.35 bits per heavy atom. The van der Waals surface area contributed by atoms with Gasteiger partial charge in [-0.25, -0.2) is 0 Å². The van der Waals surface area contributed by atoms with Crippen LogP contribution in [0.3, 0.4) is 0 Å². The Hall–Kier alpha value is -11.6. The van der Waals surface area contributed by atoms with Crippen LogP contribution in [0.5, 0.6) is 0 Å². The van der Waals surface area contributed by atoms with Gasteiger partial charge < -0.3 is 76.7 Å². The Kier molecular flexibility index (Phi) is 27.6. The number of rotatable bonds is 28. The summed E-state index contributed by atoms with van der Waals surface area (Å²) in [5.74, 6) is 5.85. The molecule has 620 valence electrons. The number of anilines is 8. The van der Waals surface area contributed by atoms with Crippen LogP contribution in [0.4, 0.5) is 47.6 Å². The highest BCUT2D eigenvalue weighted by atomic mass is 16.5. The van der Waals surface area contributed by atoms with Crippen molar-refractivity contribution in [3.63, 3.8) is 0 Å². The fourth-order valence-electron chi connectivity index (χ4n) is 16.1. The van der Waals surface area contributed by atoms with Gasteiger partial charge in [0.15, 0.2) is 47.4 Å². The highest BCUT2D eigenvalue weighted by molar-refractivity contribution is 5.60. The minimum atomic E-state index is -0.0369. The third-order valence-electron chi connectivity index (χ3n) is 22.7. The van der Waals surface area contributed by atoms with Crippen LogP contribution in [0, 0.1) is 16.3 Å². The van der Waals surface area contributed by atoms with Crippen LogP contribution >= 0.6 is 0 Å². The highest BCUT2D eigenvalue weighted by Gasteiger charge is 2.33. The number of aliphatic hydroxyl groups is 4. The van der Waals surface area contributed by atoms with Gasteiger partial charge in [0.1, 0.15) is 0 Å². The number of hydrogen-bond donors (Lipinski definition) is 9. The number of hydrogen-bond acceptors (Lipinski definition) is 28. The lowest BCUT2D eigenvalue weighted by Gasteiger charge is -2.35. The minimum Gasteiger partial charge on any atom is -0.619 e. The van der Waals surface area contributed by atoms with Crippen molar-refractivity contribution in [3.05, 3.63) is 182 Å². The molecule has 2 saturated carbocycles. The molecule has 0 aromatic carbocycles. The van der Waals surface area contributed by atoms with Crippen LogP contribution < -0.4 is 56.3 Å². The lowest BCUT2D eigenvalue weighted by Crippen LogP contribution is -2.41. The summed E-state index contributed by atoms with van der Waals surface area (Å²) in [5, 5.41) is 96.1. The van der Waals surface area contributed by atoms with E-state index in [0.29, 0.717) is 73.7 Å². The Labute approximate surface area is 679 Å². The Morgan fingerprint density at radius 2 is 0.897 bits per heavy atom. The van der Waals surface area contributed by atoms with Gasteiger partial charge in [-0.05, 0) is 157 Å². The molecular weight excluding hydrogens is 1490 g/mol. The van der Waals surface area contributed by atoms with E-state index >= 15 is 0 Å². The van der Waals surface area contributed by atoms with Gasteiger partial charge in [0.2, 0.25) is 53.1 Å². The third-order valence-corrected chi connectivity index (χ3v) is 22.7. The summed E-state index contributed by atoms with van der Waals surface area (Å²) in [6, 6.07) is 15.5. The largest absolute Gasteiger partial charge is 0.619 e. The molecule has 5 atom stereocenters. The summed E-state index contributed by atoms with van der Waals surface area (Å²) in [6.07, 6.45) is 40.2.